The summed E-state index contributed by atoms with van der Waals surface area (Å²) in [6, 6.07) is 0. The first kappa shape index (κ1) is 17.4. The molecule has 0 saturated heterocycles. The zero-order valence-electron chi connectivity index (χ0n) is 8.56. The third-order valence-electron chi connectivity index (χ3n) is 2.79. The second-order valence-corrected chi connectivity index (χ2v) is 12.0. The summed E-state index contributed by atoms with van der Waals surface area (Å²) in [5.74, 6) is -1.31. The molecule has 3 atom stereocenters. The average Bonchev–Trinajstić information content (AvgIpc) is 2.49. The Balaban J connectivity index is 0.00000196. The maximum absolute atomic E-state index is 10.8. The van der Waals surface area contributed by atoms with Crippen LogP contribution in [0.4, 0.5) is 0 Å². The Bertz CT molecular complexity index is 264. The van der Waals surface area contributed by atoms with Crippen molar-refractivity contribution in [3.8, 4) is 0 Å². The molecule has 0 radical (unpaired) electrons. The number of hydrogen-bond acceptors (Lipinski definition) is 2. The van der Waals surface area contributed by atoms with E-state index >= 15 is 0 Å². The van der Waals surface area contributed by atoms with E-state index in [4.69, 9.17) is 0 Å². The van der Waals surface area contributed by atoms with Gasteiger partial charge >= 0.3 is 29.6 Å². The maximum Gasteiger partial charge on any atom is 1.00 e. The van der Waals surface area contributed by atoms with Gasteiger partial charge in [-0.05, 0) is 11.3 Å². The van der Waals surface area contributed by atoms with Gasteiger partial charge in [0.05, 0.1) is 4.83 Å². The van der Waals surface area contributed by atoms with Crippen molar-refractivity contribution in [3.05, 3.63) is 0 Å². The molecule has 1 unspecified atom stereocenters. The summed E-state index contributed by atoms with van der Waals surface area (Å²) in [6.07, 6.45) is 0. The monoisotopic (exact) mass is 476 g/mol. The van der Waals surface area contributed by atoms with E-state index in [2.05, 4.69) is 63.7 Å². The molecule has 0 aromatic heterocycles. The van der Waals surface area contributed by atoms with E-state index in [9.17, 15) is 9.90 Å². The summed E-state index contributed by atoms with van der Waals surface area (Å²) in [4.78, 5) is 10.8. The van der Waals surface area contributed by atoms with Crippen LogP contribution in [0.5, 0.6) is 0 Å². The van der Waals surface area contributed by atoms with E-state index in [0.717, 1.165) is 0 Å². The number of carbonyl (C=O) groups is 1. The molecule has 0 bridgehead atoms. The molecule has 0 spiro atoms. The van der Waals surface area contributed by atoms with Crippen LogP contribution in [0.1, 0.15) is 13.8 Å². The van der Waals surface area contributed by atoms with Crippen molar-refractivity contribution in [1.82, 2.24) is 0 Å². The number of hydrogen-bond donors (Lipinski definition) is 0. The fraction of sp³-hybridized carbons (Fsp3) is 0.875. The smallest absolute Gasteiger partial charge is 0.550 e. The van der Waals surface area contributed by atoms with Crippen molar-refractivity contribution in [3.63, 3.8) is 0 Å². The van der Waals surface area contributed by atoms with Crippen molar-refractivity contribution < 1.29 is 39.5 Å². The third-order valence-corrected chi connectivity index (χ3v) is 7.37. The van der Waals surface area contributed by atoms with Gasteiger partial charge in [-0.25, -0.2) is 0 Å². The van der Waals surface area contributed by atoms with Gasteiger partial charge in [-0.3, -0.25) is 0 Å². The number of carbonyl (C=O) groups excluding carboxylic acids is 1. The molecule has 0 aromatic rings. The standard InChI is InChI=1S/C8H10Br4O2.Na/c1-7(2)3(4(7)6(13)14)5(9)8(10,11)12;/h3-5H,1-2H3,(H,13,14);/q;+1/p-1/t3-,4-,5?;/m0./s1. The summed E-state index contributed by atoms with van der Waals surface area (Å²) in [5.41, 5.74) is -0.215. The molecule has 0 aliphatic heterocycles. The van der Waals surface area contributed by atoms with Crippen molar-refractivity contribution >= 4 is 69.7 Å². The molecule has 0 heterocycles. The fourth-order valence-electron chi connectivity index (χ4n) is 1.88. The van der Waals surface area contributed by atoms with E-state index in [1.54, 1.807) is 0 Å². The molecular weight excluding hydrogens is 471 g/mol. The van der Waals surface area contributed by atoms with Crippen LogP contribution in [0.25, 0.3) is 0 Å². The SMILES string of the molecule is CC1(C)[C@H](C(=O)[O-])[C@H]1C(Br)C(Br)(Br)Br.[Na+]. The Kier molecular flexibility index (Phi) is 6.46. The Labute approximate surface area is 145 Å². The van der Waals surface area contributed by atoms with E-state index in [1.807, 2.05) is 13.8 Å². The molecule has 2 nitrogen and oxygen atoms in total. The molecule has 82 valence electrons. The van der Waals surface area contributed by atoms with Crippen LogP contribution in [0.15, 0.2) is 0 Å². The molecule has 1 fully saturated rings. The first-order valence-electron chi connectivity index (χ1n) is 4.01. The van der Waals surface area contributed by atoms with Gasteiger partial charge in [0.25, 0.3) is 0 Å². The van der Waals surface area contributed by atoms with Crippen LogP contribution in [0.2, 0.25) is 0 Å². The van der Waals surface area contributed by atoms with Crippen molar-refractivity contribution in [2.75, 3.05) is 0 Å². The first-order valence-corrected chi connectivity index (χ1v) is 7.31. The van der Waals surface area contributed by atoms with Crippen LogP contribution in [0.3, 0.4) is 0 Å². The molecule has 7 heteroatoms. The van der Waals surface area contributed by atoms with Crippen LogP contribution in [0, 0.1) is 17.3 Å². The Morgan fingerprint density at radius 2 is 1.80 bits per heavy atom. The molecule has 1 aliphatic carbocycles. The van der Waals surface area contributed by atoms with Gasteiger partial charge < -0.3 is 9.90 Å². The van der Waals surface area contributed by atoms with Gasteiger partial charge in [-0.15, -0.1) is 0 Å². The van der Waals surface area contributed by atoms with E-state index in [0.29, 0.717) is 0 Å². The maximum atomic E-state index is 10.8. The van der Waals surface area contributed by atoms with Gasteiger partial charge in [-0.2, -0.15) is 0 Å². The summed E-state index contributed by atoms with van der Waals surface area (Å²) in [6.45, 7) is 3.87. The molecule has 1 saturated carbocycles. The minimum absolute atomic E-state index is 0. The van der Waals surface area contributed by atoms with Gasteiger partial charge in [0.1, 0.15) is 2.14 Å². The molecule has 1 rings (SSSR count). The minimum Gasteiger partial charge on any atom is -0.550 e. The Morgan fingerprint density at radius 3 is 2.00 bits per heavy atom. The molecule has 0 N–H and O–H groups in total. The van der Waals surface area contributed by atoms with Gasteiger partial charge in [0, 0.05) is 11.9 Å². The number of carboxylic acids is 1. The molecule has 15 heavy (non-hydrogen) atoms. The third kappa shape index (κ3) is 3.67. The average molecular weight is 480 g/mol. The molecule has 0 aromatic carbocycles. The molecular formula is C8H9Br4NaO2. The predicted molar refractivity (Wildman–Crippen MR) is 68.0 cm³/mol. The van der Waals surface area contributed by atoms with Crippen LogP contribution in [-0.2, 0) is 4.79 Å². The van der Waals surface area contributed by atoms with Crippen molar-refractivity contribution in [1.29, 1.82) is 0 Å². The van der Waals surface area contributed by atoms with Crippen molar-refractivity contribution in [2.24, 2.45) is 17.3 Å². The second-order valence-electron chi connectivity index (χ2n) is 4.09. The van der Waals surface area contributed by atoms with E-state index in [-0.39, 0.29) is 51.6 Å². The Morgan fingerprint density at radius 1 is 1.40 bits per heavy atom. The summed E-state index contributed by atoms with van der Waals surface area (Å²) in [7, 11) is 0. The first-order chi connectivity index (χ1) is 6.10. The number of alkyl halides is 4. The normalized spacial score (nSPS) is 30.3. The predicted octanol–water partition coefficient (Wildman–Crippen LogP) is -0.386. The van der Waals surface area contributed by atoms with Gasteiger partial charge in [0.15, 0.2) is 0 Å². The zero-order valence-corrected chi connectivity index (χ0v) is 16.9. The number of carboxylic acid groups (broad SMARTS) is 1. The Hall–Kier alpha value is 2.39. The van der Waals surface area contributed by atoms with Crippen molar-refractivity contribution in [2.45, 2.75) is 20.8 Å². The van der Waals surface area contributed by atoms with E-state index < -0.39 is 8.11 Å². The van der Waals surface area contributed by atoms with Crippen LogP contribution in [-0.4, -0.2) is 12.9 Å². The minimum atomic E-state index is -0.971. The summed E-state index contributed by atoms with van der Waals surface area (Å²) in [5, 5.41) is 10.8. The summed E-state index contributed by atoms with van der Waals surface area (Å²) >= 11 is 13.6. The topological polar surface area (TPSA) is 40.1 Å². The van der Waals surface area contributed by atoms with E-state index in [1.165, 1.54) is 0 Å². The van der Waals surface area contributed by atoms with Gasteiger partial charge in [0.2, 0.25) is 0 Å². The molecule has 0 amide bonds. The largest absolute Gasteiger partial charge is 1.00 e. The summed E-state index contributed by atoms with van der Waals surface area (Å²) < 4.78 is -0.473. The second kappa shape index (κ2) is 5.57. The zero-order chi connectivity index (χ0) is 11.3. The molecule has 1 aliphatic rings. The fourth-order valence-corrected chi connectivity index (χ4v) is 3.72. The van der Waals surface area contributed by atoms with Crippen LogP contribution < -0.4 is 34.7 Å². The number of halogens is 4. The van der Waals surface area contributed by atoms with Crippen LogP contribution >= 0.6 is 63.7 Å². The number of aliphatic carboxylic acids is 1. The van der Waals surface area contributed by atoms with Gasteiger partial charge in [-0.1, -0.05) is 77.6 Å². The quantitative estimate of drug-likeness (QED) is 0.400. The number of rotatable bonds is 2.